The van der Waals surface area contributed by atoms with Crippen LogP contribution in [0, 0.1) is 11.7 Å². The number of hydrogen-bond donors (Lipinski definition) is 2. The molecule has 0 aliphatic rings. The average Bonchev–Trinajstić information content (AvgIpc) is 3.02. The molecule has 0 aliphatic carbocycles. The predicted octanol–water partition coefficient (Wildman–Crippen LogP) is 4.02. The van der Waals surface area contributed by atoms with Crippen molar-refractivity contribution in [2.75, 3.05) is 5.32 Å². The topological polar surface area (TPSA) is 79.8 Å². The van der Waals surface area contributed by atoms with Gasteiger partial charge >= 0.3 is 0 Å². The molecule has 0 aliphatic heterocycles. The largest absolute Gasteiger partial charge is 0.332 e. The summed E-state index contributed by atoms with van der Waals surface area (Å²) in [5, 5.41) is 4.08. The number of carbonyl (C=O) groups is 1. The van der Waals surface area contributed by atoms with Gasteiger partial charge in [0.15, 0.2) is 9.90 Å². The van der Waals surface area contributed by atoms with E-state index in [1.807, 2.05) is 25.1 Å². The summed E-state index contributed by atoms with van der Waals surface area (Å²) in [5.41, 5.74) is 0.689. The Bertz CT molecular complexity index is 1040. The smallest absolute Gasteiger partial charge is 0.262 e. The Balaban J connectivity index is 1.49. The molecule has 0 spiro atoms. The Hall–Kier alpha value is -2.32. The molecule has 2 N–H and O–H groups in total. The van der Waals surface area contributed by atoms with Crippen molar-refractivity contribution < 1.29 is 4.79 Å². The first kappa shape index (κ1) is 18.5. The number of para-hydroxylation sites is 1. The molecule has 136 valence electrons. The number of amides is 1. The van der Waals surface area contributed by atoms with Gasteiger partial charge in [-0.15, -0.1) is 11.3 Å². The lowest BCUT2D eigenvalue weighted by Crippen LogP contribution is -2.22. The summed E-state index contributed by atoms with van der Waals surface area (Å²) in [4.78, 5) is 32.7. The maximum absolute atomic E-state index is 12.5. The molecule has 0 bridgehead atoms. The van der Waals surface area contributed by atoms with E-state index in [1.165, 1.54) is 11.3 Å². The van der Waals surface area contributed by atoms with Gasteiger partial charge in [-0.1, -0.05) is 18.6 Å². The minimum atomic E-state index is -0.0683. The molecular weight excluding hydrogens is 368 g/mol. The van der Waals surface area contributed by atoms with E-state index in [-0.39, 0.29) is 11.5 Å². The molecule has 1 amide bonds. The first-order valence-electron chi connectivity index (χ1n) is 8.49. The molecule has 6 nitrogen and oxygen atoms in total. The molecule has 2 aromatic heterocycles. The highest BCUT2D eigenvalue weighted by molar-refractivity contribution is 7.71. The molecule has 0 saturated carbocycles. The number of nitrogens with one attached hydrogen (secondary N) is 2. The highest BCUT2D eigenvalue weighted by atomic mass is 32.1. The fourth-order valence-corrected chi connectivity index (χ4v) is 3.69. The van der Waals surface area contributed by atoms with E-state index in [4.69, 9.17) is 12.2 Å². The van der Waals surface area contributed by atoms with Crippen LogP contribution >= 0.6 is 23.6 Å². The zero-order valence-corrected chi connectivity index (χ0v) is 16.1. The number of rotatable bonds is 7. The number of aromatic amines is 1. The number of anilines is 1. The first-order valence-corrected chi connectivity index (χ1v) is 9.71. The Morgan fingerprint density at radius 1 is 1.31 bits per heavy atom. The van der Waals surface area contributed by atoms with E-state index in [2.05, 4.69) is 15.3 Å². The van der Waals surface area contributed by atoms with Gasteiger partial charge < -0.3 is 10.3 Å². The molecule has 1 aromatic carbocycles. The maximum atomic E-state index is 12.5. The third-order valence-electron chi connectivity index (χ3n) is 4.04. The molecular formula is C18H20N4O2S2. The van der Waals surface area contributed by atoms with Gasteiger partial charge in [-0.3, -0.25) is 14.2 Å². The molecule has 8 heteroatoms. The van der Waals surface area contributed by atoms with Crippen LogP contribution in [0.15, 0.2) is 35.3 Å². The SMILES string of the molecule is Cc1cnc(NC(=O)CCCCCn2c(=S)[nH]c3ccccc3c2=O)s1. The van der Waals surface area contributed by atoms with Crippen LogP contribution in [0.5, 0.6) is 0 Å². The number of aryl methyl sites for hydroxylation is 1. The number of thiazole rings is 1. The lowest BCUT2D eigenvalue weighted by atomic mass is 10.2. The summed E-state index contributed by atoms with van der Waals surface area (Å²) in [5.74, 6) is -0.0282. The van der Waals surface area contributed by atoms with Gasteiger partial charge in [0.25, 0.3) is 5.56 Å². The van der Waals surface area contributed by atoms with Gasteiger partial charge in [0.2, 0.25) is 5.91 Å². The summed E-state index contributed by atoms with van der Waals surface area (Å²) in [6.45, 7) is 2.50. The number of aromatic nitrogens is 3. The van der Waals surface area contributed by atoms with Crippen LogP contribution < -0.4 is 10.9 Å². The van der Waals surface area contributed by atoms with Crippen molar-refractivity contribution in [2.24, 2.45) is 0 Å². The average molecular weight is 389 g/mol. The second-order valence-electron chi connectivity index (χ2n) is 6.07. The third kappa shape index (κ3) is 4.44. The lowest BCUT2D eigenvalue weighted by Gasteiger charge is -2.08. The normalized spacial score (nSPS) is 11.0. The van der Waals surface area contributed by atoms with Crippen LogP contribution in [0.3, 0.4) is 0 Å². The number of nitrogens with zero attached hydrogens (tertiary/aromatic N) is 2. The fraction of sp³-hybridized carbons (Fsp3) is 0.333. The monoisotopic (exact) mass is 388 g/mol. The molecule has 0 saturated heterocycles. The Morgan fingerprint density at radius 2 is 2.12 bits per heavy atom. The van der Waals surface area contributed by atoms with Gasteiger partial charge in [0.05, 0.1) is 10.9 Å². The van der Waals surface area contributed by atoms with E-state index in [0.29, 0.717) is 28.3 Å². The van der Waals surface area contributed by atoms with Crippen LogP contribution in [0.1, 0.15) is 30.6 Å². The van der Waals surface area contributed by atoms with Crippen LogP contribution in [0.2, 0.25) is 0 Å². The van der Waals surface area contributed by atoms with Gasteiger partial charge in [0.1, 0.15) is 0 Å². The fourth-order valence-electron chi connectivity index (χ4n) is 2.73. The lowest BCUT2D eigenvalue weighted by molar-refractivity contribution is -0.116. The van der Waals surface area contributed by atoms with E-state index < -0.39 is 0 Å². The minimum absolute atomic E-state index is 0.0282. The third-order valence-corrected chi connectivity index (χ3v) is 5.19. The second-order valence-corrected chi connectivity index (χ2v) is 7.69. The van der Waals surface area contributed by atoms with Crippen LogP contribution in [-0.2, 0) is 11.3 Å². The maximum Gasteiger partial charge on any atom is 0.262 e. The Labute approximate surface area is 159 Å². The predicted molar refractivity (Wildman–Crippen MR) is 107 cm³/mol. The molecule has 0 unspecified atom stereocenters. The zero-order chi connectivity index (χ0) is 18.5. The Kier molecular flexibility index (Phi) is 5.95. The number of unbranched alkanes of at least 4 members (excludes halogenated alkanes) is 2. The number of benzene rings is 1. The molecule has 26 heavy (non-hydrogen) atoms. The van der Waals surface area contributed by atoms with Gasteiger partial charge in [-0.05, 0) is 44.1 Å². The highest BCUT2D eigenvalue weighted by Crippen LogP contribution is 2.17. The van der Waals surface area contributed by atoms with Gasteiger partial charge in [-0.2, -0.15) is 0 Å². The van der Waals surface area contributed by atoms with Gasteiger partial charge in [-0.25, -0.2) is 4.98 Å². The van der Waals surface area contributed by atoms with Crippen LogP contribution in [0.4, 0.5) is 5.13 Å². The molecule has 3 aromatic rings. The van der Waals surface area contributed by atoms with Crippen molar-refractivity contribution in [1.29, 1.82) is 0 Å². The zero-order valence-electron chi connectivity index (χ0n) is 14.4. The standard InChI is InChI=1S/C18H20N4O2S2/c1-12-11-19-17(26-12)21-15(23)9-3-2-6-10-22-16(24)13-7-4-5-8-14(13)20-18(22)25/h4-5,7-8,11H,2-3,6,9-10H2,1H3,(H,20,25)(H,19,21,23). The summed E-state index contributed by atoms with van der Waals surface area (Å²) < 4.78 is 2.03. The molecule has 3 rings (SSSR count). The van der Waals surface area contributed by atoms with Crippen molar-refractivity contribution in [3.05, 3.63) is 50.5 Å². The van der Waals surface area contributed by atoms with Gasteiger partial charge in [0, 0.05) is 24.0 Å². The first-order chi connectivity index (χ1) is 12.5. The molecule has 0 atom stereocenters. The Morgan fingerprint density at radius 3 is 2.88 bits per heavy atom. The van der Waals surface area contributed by atoms with E-state index in [9.17, 15) is 9.59 Å². The molecule has 0 fully saturated rings. The quantitative estimate of drug-likeness (QED) is 0.473. The van der Waals surface area contributed by atoms with Crippen molar-refractivity contribution in [1.82, 2.24) is 14.5 Å². The second kappa shape index (κ2) is 8.37. The summed E-state index contributed by atoms with van der Waals surface area (Å²) in [7, 11) is 0. The van der Waals surface area contributed by atoms with Crippen molar-refractivity contribution in [2.45, 2.75) is 39.2 Å². The minimum Gasteiger partial charge on any atom is -0.332 e. The van der Waals surface area contributed by atoms with E-state index in [1.54, 1.807) is 16.8 Å². The van der Waals surface area contributed by atoms with Crippen LogP contribution in [-0.4, -0.2) is 20.4 Å². The number of hydrogen-bond acceptors (Lipinski definition) is 5. The van der Waals surface area contributed by atoms with Crippen molar-refractivity contribution >= 4 is 45.5 Å². The molecule has 2 heterocycles. The summed E-state index contributed by atoms with van der Waals surface area (Å²) >= 11 is 6.76. The van der Waals surface area contributed by atoms with Crippen molar-refractivity contribution in [3.63, 3.8) is 0 Å². The number of fused-ring (bicyclic) bond motifs is 1. The number of H-pyrrole nitrogens is 1. The van der Waals surface area contributed by atoms with Crippen molar-refractivity contribution in [3.8, 4) is 0 Å². The van der Waals surface area contributed by atoms with Crippen LogP contribution in [0.25, 0.3) is 10.9 Å². The van der Waals surface area contributed by atoms with E-state index >= 15 is 0 Å². The van der Waals surface area contributed by atoms with E-state index in [0.717, 1.165) is 29.7 Å². The highest BCUT2D eigenvalue weighted by Gasteiger charge is 2.07. The summed E-state index contributed by atoms with van der Waals surface area (Å²) in [6.07, 6.45) is 4.58. The summed E-state index contributed by atoms with van der Waals surface area (Å²) in [6, 6.07) is 7.35. The number of carbonyl (C=O) groups excluding carboxylic acids is 1. The molecule has 0 radical (unpaired) electrons.